The molecule has 2 bridgehead atoms. The largest absolute Gasteiger partial charge is 0.382 e. The number of fused-ring (bicyclic) bond motifs is 3. The predicted molar refractivity (Wildman–Crippen MR) is 142 cm³/mol. The first kappa shape index (κ1) is 24.3. The number of anilines is 1. The monoisotopic (exact) mass is 532 g/mol. The van der Waals surface area contributed by atoms with Crippen LogP contribution in [0.15, 0.2) is 59.8 Å². The maximum absolute atomic E-state index is 12.9. The first-order valence-electron chi connectivity index (χ1n) is 12.4. The minimum absolute atomic E-state index is 0.00308. The second-order valence-electron chi connectivity index (χ2n) is 10.00. The number of guanidine groups is 1. The number of hydrogen-bond acceptors (Lipinski definition) is 8. The molecule has 0 aliphatic carbocycles. The molecule has 196 valence electrons. The number of hydroxylamine groups is 1. The summed E-state index contributed by atoms with van der Waals surface area (Å²) in [5.74, 6) is -0.174. The van der Waals surface area contributed by atoms with Crippen molar-refractivity contribution >= 4 is 27.3 Å². The highest BCUT2D eigenvalue weighted by molar-refractivity contribution is 7.91. The van der Waals surface area contributed by atoms with Crippen molar-refractivity contribution in [3.05, 3.63) is 60.6 Å². The summed E-state index contributed by atoms with van der Waals surface area (Å²) >= 11 is 0. The highest BCUT2D eigenvalue weighted by Gasteiger charge is 2.44. The Morgan fingerprint density at radius 1 is 1.08 bits per heavy atom. The van der Waals surface area contributed by atoms with Gasteiger partial charge in [0.1, 0.15) is 10.7 Å². The van der Waals surface area contributed by atoms with Crippen LogP contribution >= 0.6 is 0 Å². The van der Waals surface area contributed by atoms with E-state index in [0.717, 1.165) is 35.9 Å². The van der Waals surface area contributed by atoms with Crippen LogP contribution in [0.2, 0.25) is 0 Å². The molecule has 2 aliphatic heterocycles. The highest BCUT2D eigenvalue weighted by Crippen LogP contribution is 2.45. The van der Waals surface area contributed by atoms with Gasteiger partial charge in [-0.3, -0.25) is 15.6 Å². The Hall–Kier alpha value is -4.03. The van der Waals surface area contributed by atoms with Crippen LogP contribution in [0.3, 0.4) is 0 Å². The minimum Gasteiger partial charge on any atom is -0.382 e. The van der Waals surface area contributed by atoms with Gasteiger partial charge in [0.15, 0.2) is 15.5 Å². The zero-order chi connectivity index (χ0) is 26.6. The molecule has 2 aliphatic rings. The molecule has 2 fully saturated rings. The fourth-order valence-electron chi connectivity index (χ4n) is 6.03. The van der Waals surface area contributed by atoms with Crippen LogP contribution in [-0.2, 0) is 9.84 Å². The van der Waals surface area contributed by atoms with Crippen molar-refractivity contribution in [1.82, 2.24) is 30.0 Å². The van der Waals surface area contributed by atoms with Gasteiger partial charge in [0.25, 0.3) is 0 Å². The third kappa shape index (κ3) is 3.96. The molecule has 5 heterocycles. The van der Waals surface area contributed by atoms with E-state index in [4.69, 9.17) is 16.1 Å². The lowest BCUT2D eigenvalue weighted by atomic mass is 9.88. The molecule has 3 atom stereocenters. The molecule has 3 aromatic heterocycles. The fraction of sp³-hybridized carbons (Fsp3) is 0.308. The predicted octanol–water partition coefficient (Wildman–Crippen LogP) is 3.07. The molecule has 12 heteroatoms. The Balaban J connectivity index is 1.44. The molecule has 0 spiro atoms. The number of sulfone groups is 1. The average molecular weight is 533 g/mol. The summed E-state index contributed by atoms with van der Waals surface area (Å²) in [6.45, 7) is 0. The lowest BCUT2D eigenvalue weighted by Gasteiger charge is -2.39. The maximum Gasteiger partial charge on any atom is 0.215 e. The number of rotatable bonds is 4. The number of pyridine rings is 1. The van der Waals surface area contributed by atoms with Crippen LogP contribution in [0, 0.1) is 5.41 Å². The van der Waals surface area contributed by atoms with E-state index in [-0.39, 0.29) is 34.7 Å². The third-order valence-corrected chi connectivity index (χ3v) is 8.82. The summed E-state index contributed by atoms with van der Waals surface area (Å²) in [6.07, 6.45) is 7.44. The van der Waals surface area contributed by atoms with Gasteiger partial charge in [-0.25, -0.2) is 18.9 Å². The molecule has 2 saturated heterocycles. The van der Waals surface area contributed by atoms with Crippen LogP contribution in [0.25, 0.3) is 28.0 Å². The second-order valence-corrected chi connectivity index (χ2v) is 11.9. The van der Waals surface area contributed by atoms with Gasteiger partial charge >= 0.3 is 0 Å². The zero-order valence-corrected chi connectivity index (χ0v) is 21.6. The zero-order valence-electron chi connectivity index (χ0n) is 20.7. The molecule has 2 unspecified atom stereocenters. The molecule has 0 radical (unpaired) electrons. The van der Waals surface area contributed by atoms with Gasteiger partial charge in [-0.2, -0.15) is 9.61 Å². The van der Waals surface area contributed by atoms with Crippen LogP contribution in [0.4, 0.5) is 5.82 Å². The van der Waals surface area contributed by atoms with Crippen molar-refractivity contribution in [3.8, 4) is 22.4 Å². The first-order valence-corrected chi connectivity index (χ1v) is 14.3. The lowest BCUT2D eigenvalue weighted by Crippen LogP contribution is -2.50. The van der Waals surface area contributed by atoms with Crippen LogP contribution in [-0.4, -0.2) is 62.4 Å². The van der Waals surface area contributed by atoms with E-state index in [0.29, 0.717) is 29.7 Å². The number of piperidine rings is 1. The SMILES string of the molecule is CS(=O)(=O)c1c(C2CC3CC[C@@H](C2)N3C(=N)NO)nc2c(-c3ccc(-c4ccccc4)nc3)cnn2c1N. The number of nitrogen functional groups attached to an aromatic ring is 1. The first-order chi connectivity index (χ1) is 18.3. The van der Waals surface area contributed by atoms with E-state index < -0.39 is 9.84 Å². The molecular formula is C26H28N8O3S. The number of nitrogens with two attached hydrogens (primary N) is 1. The number of nitrogens with one attached hydrogen (secondary N) is 2. The van der Waals surface area contributed by atoms with Gasteiger partial charge < -0.3 is 10.6 Å². The third-order valence-electron chi connectivity index (χ3n) is 7.66. The van der Waals surface area contributed by atoms with Gasteiger partial charge in [-0.1, -0.05) is 36.4 Å². The van der Waals surface area contributed by atoms with E-state index in [1.807, 2.05) is 52.8 Å². The molecule has 5 N–H and O–H groups in total. The molecule has 4 aromatic rings. The number of nitrogens with zero attached hydrogens (tertiary/aromatic N) is 5. The molecule has 0 saturated carbocycles. The van der Waals surface area contributed by atoms with Crippen LogP contribution < -0.4 is 11.2 Å². The van der Waals surface area contributed by atoms with Crippen LogP contribution in [0.5, 0.6) is 0 Å². The molecule has 38 heavy (non-hydrogen) atoms. The number of hydrogen-bond donors (Lipinski definition) is 4. The Labute approximate surface area is 219 Å². The topological polar surface area (TPSA) is 163 Å². The van der Waals surface area contributed by atoms with E-state index in [1.165, 1.54) is 4.52 Å². The van der Waals surface area contributed by atoms with E-state index in [9.17, 15) is 13.6 Å². The Bertz CT molecular complexity index is 1620. The molecule has 6 rings (SSSR count). The van der Waals surface area contributed by atoms with Gasteiger partial charge in [0.2, 0.25) is 5.96 Å². The van der Waals surface area contributed by atoms with E-state index in [2.05, 4.69) is 10.1 Å². The van der Waals surface area contributed by atoms with E-state index in [1.54, 1.807) is 12.4 Å². The summed E-state index contributed by atoms with van der Waals surface area (Å²) < 4.78 is 27.3. The van der Waals surface area contributed by atoms with Crippen molar-refractivity contribution in [2.75, 3.05) is 12.0 Å². The standard InChI is InChI=1S/C26H28N8O3S/c1-38(36,37)23-22(17-11-18-8-9-19(12-17)33(18)26(28)32-35)31-25-20(14-30-34(25)24(23)27)16-7-10-21(29-13-16)15-5-3-2-4-6-15/h2-7,10,13-14,17-19,35H,8-9,11-12,27H2,1H3,(H2,28,32)/t17?,18-,19?/m0/s1. The van der Waals surface area contributed by atoms with Gasteiger partial charge in [0.05, 0.1) is 17.6 Å². The summed E-state index contributed by atoms with van der Waals surface area (Å²) in [4.78, 5) is 11.4. The van der Waals surface area contributed by atoms with Crippen molar-refractivity contribution in [2.45, 2.75) is 48.6 Å². The Morgan fingerprint density at radius 2 is 1.79 bits per heavy atom. The summed E-state index contributed by atoms with van der Waals surface area (Å²) in [5, 5.41) is 21.8. The summed E-state index contributed by atoms with van der Waals surface area (Å²) in [6, 6.07) is 13.7. The average Bonchev–Trinajstić information content (AvgIpc) is 3.46. The van der Waals surface area contributed by atoms with Crippen molar-refractivity contribution in [2.24, 2.45) is 0 Å². The molecule has 1 aromatic carbocycles. The Kier molecular flexibility index (Phi) is 5.80. The van der Waals surface area contributed by atoms with Gasteiger partial charge in [-0.15, -0.1) is 0 Å². The summed E-state index contributed by atoms with van der Waals surface area (Å²) in [5.41, 5.74) is 12.7. The maximum atomic E-state index is 12.9. The molecule has 11 nitrogen and oxygen atoms in total. The van der Waals surface area contributed by atoms with Crippen molar-refractivity contribution < 1.29 is 13.6 Å². The summed E-state index contributed by atoms with van der Waals surface area (Å²) in [7, 11) is -3.71. The molecule has 0 amide bonds. The highest BCUT2D eigenvalue weighted by atomic mass is 32.2. The fourth-order valence-corrected chi connectivity index (χ4v) is 7.09. The van der Waals surface area contributed by atoms with Crippen molar-refractivity contribution in [1.29, 1.82) is 5.41 Å². The smallest absolute Gasteiger partial charge is 0.215 e. The van der Waals surface area contributed by atoms with Gasteiger partial charge in [-0.05, 0) is 31.7 Å². The van der Waals surface area contributed by atoms with Crippen molar-refractivity contribution in [3.63, 3.8) is 0 Å². The molecular weight excluding hydrogens is 504 g/mol. The van der Waals surface area contributed by atoms with E-state index >= 15 is 0 Å². The quantitative estimate of drug-likeness (QED) is 0.176. The normalized spacial score (nSPS) is 21.1. The lowest BCUT2D eigenvalue weighted by molar-refractivity contribution is 0.159. The van der Waals surface area contributed by atoms with Crippen LogP contribution in [0.1, 0.15) is 37.3 Å². The Morgan fingerprint density at radius 3 is 2.39 bits per heavy atom. The van der Waals surface area contributed by atoms with Gasteiger partial charge in [0, 0.05) is 47.1 Å². The number of aromatic nitrogens is 4. The number of benzene rings is 1. The minimum atomic E-state index is -3.71. The second kappa shape index (κ2) is 9.07.